The smallest absolute Gasteiger partial charge is 0.264 e. The average Bonchev–Trinajstić information content (AvgIpc) is 3.12. The summed E-state index contributed by atoms with van der Waals surface area (Å²) in [6.07, 6.45) is 1.80. The van der Waals surface area contributed by atoms with Gasteiger partial charge in [0.2, 0.25) is 0 Å². The van der Waals surface area contributed by atoms with Gasteiger partial charge in [0.05, 0.1) is 21.7 Å². The maximum Gasteiger partial charge on any atom is 0.264 e. The quantitative estimate of drug-likeness (QED) is 0.275. The van der Waals surface area contributed by atoms with Crippen LogP contribution in [0.4, 0.5) is 5.69 Å². The molecule has 5 nitrogen and oxygen atoms in total. The van der Waals surface area contributed by atoms with Gasteiger partial charge in [-0.1, -0.05) is 35.3 Å². The maximum absolute atomic E-state index is 12.6. The van der Waals surface area contributed by atoms with Gasteiger partial charge in [-0.2, -0.15) is 0 Å². The summed E-state index contributed by atoms with van der Waals surface area (Å²) >= 11 is 17.2. The zero-order valence-electron chi connectivity index (χ0n) is 19.8. The number of carbonyl (C=O) groups is 1. The molecule has 0 bridgehead atoms. The minimum absolute atomic E-state index is 0.199. The number of halogens is 3. The van der Waals surface area contributed by atoms with Crippen molar-refractivity contribution in [3.05, 3.63) is 90.2 Å². The first-order valence-electron chi connectivity index (χ1n) is 11.1. The Morgan fingerprint density at radius 2 is 1.81 bits per heavy atom. The van der Waals surface area contributed by atoms with Crippen LogP contribution in [0.25, 0.3) is 6.08 Å². The highest BCUT2D eigenvalue weighted by atomic mass is 79.9. The highest BCUT2D eigenvalue weighted by Crippen LogP contribution is 2.39. The lowest BCUT2D eigenvalue weighted by atomic mass is 10.1. The largest absolute Gasteiger partial charge is 0.490 e. The number of thioether (sulfide) groups is 1. The van der Waals surface area contributed by atoms with E-state index in [0.717, 1.165) is 27.9 Å². The van der Waals surface area contributed by atoms with Crippen molar-refractivity contribution in [2.75, 3.05) is 6.61 Å². The first-order valence-corrected chi connectivity index (χ1v) is 13.5. The van der Waals surface area contributed by atoms with Crippen molar-refractivity contribution in [1.82, 2.24) is 5.32 Å². The van der Waals surface area contributed by atoms with E-state index in [1.165, 1.54) is 11.8 Å². The van der Waals surface area contributed by atoms with Crippen molar-refractivity contribution >= 4 is 73.7 Å². The van der Waals surface area contributed by atoms with Gasteiger partial charge in [-0.3, -0.25) is 4.79 Å². The molecule has 0 unspecified atom stereocenters. The predicted octanol–water partition coefficient (Wildman–Crippen LogP) is 8.24. The SMILES string of the molecule is CCOc1cc(/C=C2\SC(=Nc3cc(C)cc(C)c3)NC2=O)cc(Br)c1OCc1ccc(Cl)cc1Cl. The fourth-order valence-electron chi connectivity index (χ4n) is 3.63. The number of hydrogen-bond donors (Lipinski definition) is 1. The Bertz CT molecular complexity index is 1370. The third-order valence-corrected chi connectivity index (χ3v) is 7.19. The summed E-state index contributed by atoms with van der Waals surface area (Å²) in [6, 6.07) is 15.0. The number of aliphatic imine (C=N–C) groups is 1. The van der Waals surface area contributed by atoms with Crippen molar-refractivity contribution in [3.63, 3.8) is 0 Å². The van der Waals surface area contributed by atoms with Gasteiger partial charge in [0.25, 0.3) is 5.91 Å². The molecule has 0 atom stereocenters. The van der Waals surface area contributed by atoms with Crippen LogP contribution in [0, 0.1) is 13.8 Å². The zero-order chi connectivity index (χ0) is 25.8. The van der Waals surface area contributed by atoms with Gasteiger partial charge >= 0.3 is 0 Å². The van der Waals surface area contributed by atoms with E-state index in [1.54, 1.807) is 18.2 Å². The fraction of sp³-hybridized carbons (Fsp3) is 0.185. The highest BCUT2D eigenvalue weighted by Gasteiger charge is 2.24. The monoisotopic (exact) mass is 604 g/mol. The summed E-state index contributed by atoms with van der Waals surface area (Å²) in [6.45, 7) is 6.63. The normalized spacial score (nSPS) is 15.4. The average molecular weight is 606 g/mol. The van der Waals surface area contributed by atoms with Crippen molar-refractivity contribution in [1.29, 1.82) is 0 Å². The number of hydrogen-bond acceptors (Lipinski definition) is 5. The first kappa shape index (κ1) is 26.6. The molecule has 4 rings (SSSR count). The molecule has 1 aliphatic heterocycles. The minimum atomic E-state index is -0.199. The molecule has 0 radical (unpaired) electrons. The number of amidine groups is 1. The topological polar surface area (TPSA) is 59.9 Å². The molecule has 186 valence electrons. The van der Waals surface area contributed by atoms with Crippen LogP contribution in [0.5, 0.6) is 11.5 Å². The van der Waals surface area contributed by atoms with Crippen molar-refractivity contribution in [3.8, 4) is 11.5 Å². The molecule has 0 spiro atoms. The molecule has 0 saturated carbocycles. The van der Waals surface area contributed by atoms with Gasteiger partial charge in [0, 0.05) is 15.6 Å². The van der Waals surface area contributed by atoms with Crippen LogP contribution < -0.4 is 14.8 Å². The number of amides is 1. The highest BCUT2D eigenvalue weighted by molar-refractivity contribution is 9.10. The van der Waals surface area contributed by atoms with E-state index in [2.05, 4.69) is 32.3 Å². The first-order chi connectivity index (χ1) is 17.2. The Morgan fingerprint density at radius 1 is 1.06 bits per heavy atom. The lowest BCUT2D eigenvalue weighted by Crippen LogP contribution is -2.19. The van der Waals surface area contributed by atoms with E-state index in [1.807, 2.05) is 51.1 Å². The molecule has 1 saturated heterocycles. The van der Waals surface area contributed by atoms with E-state index >= 15 is 0 Å². The summed E-state index contributed by atoms with van der Waals surface area (Å²) in [5.41, 5.74) is 4.63. The van der Waals surface area contributed by atoms with Crippen LogP contribution >= 0.6 is 50.9 Å². The molecule has 1 fully saturated rings. The van der Waals surface area contributed by atoms with Crippen LogP contribution in [0.15, 0.2) is 62.9 Å². The molecular weight excluding hydrogens is 583 g/mol. The Labute approximate surface area is 233 Å². The fourth-order valence-corrected chi connectivity index (χ4v) is 5.51. The molecule has 1 N–H and O–H groups in total. The Balaban J connectivity index is 1.57. The molecule has 0 aromatic heterocycles. The van der Waals surface area contributed by atoms with Gasteiger partial charge in [-0.05, 0) is 108 Å². The molecule has 3 aromatic rings. The van der Waals surface area contributed by atoms with E-state index < -0.39 is 0 Å². The lowest BCUT2D eigenvalue weighted by Gasteiger charge is -2.15. The summed E-state index contributed by atoms with van der Waals surface area (Å²) < 4.78 is 12.6. The van der Waals surface area contributed by atoms with Crippen LogP contribution in [-0.2, 0) is 11.4 Å². The molecule has 36 heavy (non-hydrogen) atoms. The van der Waals surface area contributed by atoms with Crippen molar-refractivity contribution in [2.45, 2.75) is 27.4 Å². The van der Waals surface area contributed by atoms with E-state index in [0.29, 0.717) is 42.7 Å². The maximum atomic E-state index is 12.6. The third kappa shape index (κ3) is 6.65. The number of rotatable bonds is 7. The van der Waals surface area contributed by atoms with Crippen LogP contribution in [0.1, 0.15) is 29.2 Å². The zero-order valence-corrected chi connectivity index (χ0v) is 23.7. The second-order valence-corrected chi connectivity index (χ2v) is 10.8. The standard InChI is InChI=1S/C27H23BrCl2N2O3S/c1-4-34-23-11-17(10-21(28)25(23)35-14-18-5-6-19(29)13-22(18)30)12-24-26(33)32-27(36-24)31-20-8-15(2)7-16(3)9-20/h5-13H,4,14H2,1-3H3,(H,31,32,33)/b24-12-. The third-order valence-electron chi connectivity index (χ3n) is 5.10. The van der Waals surface area contributed by atoms with Crippen LogP contribution in [0.3, 0.4) is 0 Å². The predicted molar refractivity (Wildman–Crippen MR) is 153 cm³/mol. The summed E-state index contributed by atoms with van der Waals surface area (Å²) in [5, 5.41) is 4.47. The number of benzene rings is 3. The Kier molecular flexibility index (Phi) is 8.67. The van der Waals surface area contributed by atoms with Gasteiger partial charge in [-0.15, -0.1) is 0 Å². The van der Waals surface area contributed by atoms with Gasteiger partial charge < -0.3 is 14.8 Å². The molecule has 9 heteroatoms. The number of nitrogens with one attached hydrogen (secondary N) is 1. The second kappa shape index (κ2) is 11.7. The molecule has 1 amide bonds. The van der Waals surface area contributed by atoms with Crippen molar-refractivity contribution in [2.24, 2.45) is 4.99 Å². The van der Waals surface area contributed by atoms with Gasteiger partial charge in [0.15, 0.2) is 16.7 Å². The van der Waals surface area contributed by atoms with Gasteiger partial charge in [0.1, 0.15) is 6.61 Å². The summed E-state index contributed by atoms with van der Waals surface area (Å²) in [4.78, 5) is 17.8. The molecular formula is C27H23BrCl2N2O3S. The number of ether oxygens (including phenoxy) is 2. The summed E-state index contributed by atoms with van der Waals surface area (Å²) in [7, 11) is 0. The van der Waals surface area contributed by atoms with Gasteiger partial charge in [-0.25, -0.2) is 4.99 Å². The molecule has 0 aliphatic carbocycles. The van der Waals surface area contributed by atoms with E-state index in [4.69, 9.17) is 32.7 Å². The number of aryl methyl sites for hydroxylation is 2. The second-order valence-electron chi connectivity index (χ2n) is 8.12. The van der Waals surface area contributed by atoms with E-state index in [-0.39, 0.29) is 12.5 Å². The van der Waals surface area contributed by atoms with Crippen LogP contribution in [0.2, 0.25) is 10.0 Å². The summed E-state index contributed by atoms with van der Waals surface area (Å²) in [5.74, 6) is 0.900. The lowest BCUT2D eigenvalue weighted by molar-refractivity contribution is -0.115. The Hall–Kier alpha value is -2.45. The number of carbonyl (C=O) groups excluding carboxylic acids is 1. The Morgan fingerprint density at radius 3 is 2.50 bits per heavy atom. The minimum Gasteiger partial charge on any atom is -0.490 e. The number of nitrogens with zero attached hydrogens (tertiary/aromatic N) is 1. The molecule has 1 aliphatic rings. The van der Waals surface area contributed by atoms with Crippen LogP contribution in [-0.4, -0.2) is 17.7 Å². The molecule has 1 heterocycles. The molecule has 3 aromatic carbocycles. The van der Waals surface area contributed by atoms with Crippen molar-refractivity contribution < 1.29 is 14.3 Å². The van der Waals surface area contributed by atoms with E-state index in [9.17, 15) is 4.79 Å².